The van der Waals surface area contributed by atoms with Crippen molar-refractivity contribution in [2.24, 2.45) is 0 Å². The number of halogens is 1. The summed E-state index contributed by atoms with van der Waals surface area (Å²) in [5.74, 6) is 0.621. The Morgan fingerprint density at radius 3 is 2.70 bits per heavy atom. The molecule has 0 saturated carbocycles. The molecule has 0 radical (unpaired) electrons. The van der Waals surface area contributed by atoms with E-state index in [1.807, 2.05) is 19.9 Å². The van der Waals surface area contributed by atoms with Crippen molar-refractivity contribution in [1.29, 1.82) is 0 Å². The van der Waals surface area contributed by atoms with Crippen molar-refractivity contribution in [3.05, 3.63) is 57.9 Å². The van der Waals surface area contributed by atoms with Crippen LogP contribution in [0.15, 0.2) is 30.5 Å². The number of benzene rings is 1. The third-order valence-electron chi connectivity index (χ3n) is 3.07. The summed E-state index contributed by atoms with van der Waals surface area (Å²) in [4.78, 5) is 16.6. The largest absolute Gasteiger partial charge is 0.496 e. The lowest BCUT2D eigenvalue weighted by Crippen LogP contribution is -2.09. The second-order valence-corrected chi connectivity index (χ2v) is 5.17. The number of ether oxygens (including phenoxy) is 1. The van der Waals surface area contributed by atoms with Gasteiger partial charge >= 0.3 is 0 Å². The zero-order valence-corrected chi connectivity index (χ0v) is 12.5. The number of aryl methyl sites for hydroxylation is 2. The fourth-order valence-electron chi connectivity index (χ4n) is 2.15. The summed E-state index contributed by atoms with van der Waals surface area (Å²) in [5.41, 5.74) is 3.19. The van der Waals surface area contributed by atoms with E-state index in [4.69, 9.17) is 16.3 Å². The number of nitrogens with zero attached hydrogens (tertiary/aromatic N) is 1. The van der Waals surface area contributed by atoms with Crippen LogP contribution in [0, 0.1) is 13.8 Å². The standard InChI is InChI=1S/C16H16ClNO2/c1-10-6-11(2)16(18-9-10)14(19)8-12-7-13(17)4-5-15(12)20-3/h4-7,9H,8H2,1-3H3. The van der Waals surface area contributed by atoms with E-state index in [-0.39, 0.29) is 12.2 Å². The highest BCUT2D eigenvalue weighted by molar-refractivity contribution is 6.30. The fourth-order valence-corrected chi connectivity index (χ4v) is 2.34. The number of hydrogen-bond donors (Lipinski definition) is 0. The molecule has 1 aromatic carbocycles. The number of Topliss-reactive ketones (excluding diaryl/α,β-unsaturated/α-hetero) is 1. The van der Waals surface area contributed by atoms with E-state index in [2.05, 4.69) is 4.98 Å². The van der Waals surface area contributed by atoms with Crippen LogP contribution in [0.3, 0.4) is 0 Å². The number of aromatic nitrogens is 1. The molecule has 3 nitrogen and oxygen atoms in total. The minimum absolute atomic E-state index is 0.0388. The minimum atomic E-state index is -0.0388. The first-order valence-corrected chi connectivity index (χ1v) is 6.68. The predicted molar refractivity (Wildman–Crippen MR) is 79.7 cm³/mol. The molecule has 0 fully saturated rings. The van der Waals surface area contributed by atoms with Crippen LogP contribution in [-0.4, -0.2) is 17.9 Å². The van der Waals surface area contributed by atoms with Gasteiger partial charge in [-0.1, -0.05) is 17.7 Å². The van der Waals surface area contributed by atoms with Gasteiger partial charge in [-0.2, -0.15) is 0 Å². The van der Waals surface area contributed by atoms with Crippen LogP contribution in [0.4, 0.5) is 0 Å². The van der Waals surface area contributed by atoms with E-state index in [9.17, 15) is 4.79 Å². The van der Waals surface area contributed by atoms with Gasteiger partial charge in [-0.15, -0.1) is 0 Å². The molecule has 0 saturated heterocycles. The molecule has 0 bridgehead atoms. The quantitative estimate of drug-likeness (QED) is 0.804. The third kappa shape index (κ3) is 3.17. The van der Waals surface area contributed by atoms with E-state index in [0.717, 1.165) is 16.7 Å². The summed E-state index contributed by atoms with van der Waals surface area (Å²) in [6.45, 7) is 3.84. The van der Waals surface area contributed by atoms with Crippen LogP contribution in [0.2, 0.25) is 5.02 Å². The summed E-state index contributed by atoms with van der Waals surface area (Å²) < 4.78 is 5.26. The Labute approximate surface area is 123 Å². The number of hydrogen-bond acceptors (Lipinski definition) is 3. The highest BCUT2D eigenvalue weighted by Crippen LogP contribution is 2.24. The van der Waals surface area contributed by atoms with Gasteiger partial charge in [0.25, 0.3) is 0 Å². The average Bonchev–Trinajstić information content (AvgIpc) is 2.38. The lowest BCUT2D eigenvalue weighted by atomic mass is 10.0. The highest BCUT2D eigenvalue weighted by Gasteiger charge is 2.14. The molecule has 0 unspecified atom stereocenters. The van der Waals surface area contributed by atoms with E-state index < -0.39 is 0 Å². The minimum Gasteiger partial charge on any atom is -0.496 e. The zero-order valence-electron chi connectivity index (χ0n) is 11.7. The van der Waals surface area contributed by atoms with Gasteiger partial charge in [0.05, 0.1) is 7.11 Å². The van der Waals surface area contributed by atoms with Crippen LogP contribution in [0.5, 0.6) is 5.75 Å². The summed E-state index contributed by atoms with van der Waals surface area (Å²) in [6.07, 6.45) is 1.93. The number of rotatable bonds is 4. The number of pyridine rings is 1. The molecule has 2 aromatic rings. The smallest absolute Gasteiger partial charge is 0.185 e. The van der Waals surface area contributed by atoms with Crippen LogP contribution in [0.1, 0.15) is 27.2 Å². The van der Waals surface area contributed by atoms with Crippen molar-refractivity contribution < 1.29 is 9.53 Å². The molecule has 4 heteroatoms. The molecule has 0 aliphatic heterocycles. The maximum Gasteiger partial charge on any atom is 0.185 e. The summed E-state index contributed by atoms with van der Waals surface area (Å²) in [5, 5.41) is 0.585. The lowest BCUT2D eigenvalue weighted by Gasteiger charge is -2.09. The maximum absolute atomic E-state index is 12.4. The Morgan fingerprint density at radius 1 is 1.30 bits per heavy atom. The first-order valence-electron chi connectivity index (χ1n) is 6.30. The molecule has 1 aromatic heterocycles. The second-order valence-electron chi connectivity index (χ2n) is 4.73. The molecular formula is C16H16ClNO2. The van der Waals surface area contributed by atoms with Gasteiger partial charge in [0.2, 0.25) is 0 Å². The van der Waals surface area contributed by atoms with Crippen molar-refractivity contribution >= 4 is 17.4 Å². The van der Waals surface area contributed by atoms with Crippen molar-refractivity contribution in [1.82, 2.24) is 4.98 Å². The third-order valence-corrected chi connectivity index (χ3v) is 3.31. The lowest BCUT2D eigenvalue weighted by molar-refractivity contribution is 0.0986. The van der Waals surface area contributed by atoms with Crippen LogP contribution in [-0.2, 0) is 6.42 Å². The Bertz CT molecular complexity index is 653. The van der Waals surface area contributed by atoms with Crippen LogP contribution < -0.4 is 4.74 Å². The monoisotopic (exact) mass is 289 g/mol. The Morgan fingerprint density at radius 2 is 2.05 bits per heavy atom. The van der Waals surface area contributed by atoms with Crippen molar-refractivity contribution in [3.63, 3.8) is 0 Å². The molecule has 0 N–H and O–H groups in total. The molecule has 0 atom stereocenters. The van der Waals surface area contributed by atoms with E-state index in [0.29, 0.717) is 16.5 Å². The van der Waals surface area contributed by atoms with E-state index in [1.54, 1.807) is 31.5 Å². The molecule has 1 heterocycles. The molecule has 104 valence electrons. The van der Waals surface area contributed by atoms with Crippen LogP contribution in [0.25, 0.3) is 0 Å². The fraction of sp³-hybridized carbons (Fsp3) is 0.250. The molecule has 0 aliphatic rings. The highest BCUT2D eigenvalue weighted by atomic mass is 35.5. The van der Waals surface area contributed by atoms with E-state index in [1.165, 1.54) is 0 Å². The number of carbonyl (C=O) groups is 1. The molecular weight excluding hydrogens is 274 g/mol. The number of ketones is 1. The topological polar surface area (TPSA) is 39.2 Å². The van der Waals surface area contributed by atoms with Gasteiger partial charge in [0, 0.05) is 23.2 Å². The van der Waals surface area contributed by atoms with Gasteiger partial charge in [0.15, 0.2) is 5.78 Å². The molecule has 0 spiro atoms. The predicted octanol–water partition coefficient (Wildman–Crippen LogP) is 3.79. The van der Waals surface area contributed by atoms with Crippen LogP contribution >= 0.6 is 11.6 Å². The second kappa shape index (κ2) is 6.06. The van der Waals surface area contributed by atoms with Gasteiger partial charge in [-0.3, -0.25) is 9.78 Å². The summed E-state index contributed by atoms with van der Waals surface area (Å²) in [7, 11) is 1.58. The van der Waals surface area contributed by atoms with Crippen molar-refractivity contribution in [3.8, 4) is 5.75 Å². The van der Waals surface area contributed by atoms with Gasteiger partial charge in [-0.05, 0) is 43.2 Å². The summed E-state index contributed by atoms with van der Waals surface area (Å²) in [6, 6.07) is 7.21. The Kier molecular flexibility index (Phi) is 4.40. The average molecular weight is 290 g/mol. The van der Waals surface area contributed by atoms with E-state index >= 15 is 0 Å². The summed E-state index contributed by atoms with van der Waals surface area (Å²) >= 11 is 5.97. The number of methoxy groups -OCH3 is 1. The Balaban J connectivity index is 2.30. The first kappa shape index (κ1) is 14.5. The normalized spacial score (nSPS) is 10.4. The SMILES string of the molecule is COc1ccc(Cl)cc1CC(=O)c1ncc(C)cc1C. The van der Waals surface area contributed by atoms with Gasteiger partial charge < -0.3 is 4.74 Å². The van der Waals surface area contributed by atoms with Crippen molar-refractivity contribution in [2.75, 3.05) is 7.11 Å². The molecule has 2 rings (SSSR count). The molecule has 0 aliphatic carbocycles. The number of carbonyl (C=O) groups excluding carboxylic acids is 1. The first-order chi connectivity index (χ1) is 9.51. The van der Waals surface area contributed by atoms with Gasteiger partial charge in [-0.25, -0.2) is 0 Å². The maximum atomic E-state index is 12.4. The zero-order chi connectivity index (χ0) is 14.7. The van der Waals surface area contributed by atoms with Gasteiger partial charge in [0.1, 0.15) is 11.4 Å². The Hall–Kier alpha value is -1.87. The molecule has 20 heavy (non-hydrogen) atoms. The van der Waals surface area contributed by atoms with Crippen molar-refractivity contribution in [2.45, 2.75) is 20.3 Å². The molecule has 0 amide bonds.